The second-order valence-electron chi connectivity index (χ2n) is 4.52. The van der Waals surface area contributed by atoms with Crippen LogP contribution in [-0.2, 0) is 9.63 Å². The third kappa shape index (κ3) is 6.41. The van der Waals surface area contributed by atoms with E-state index in [-0.39, 0.29) is 6.04 Å². The Morgan fingerprint density at radius 2 is 2.00 bits per heavy atom. The van der Waals surface area contributed by atoms with Gasteiger partial charge >= 0.3 is 12.0 Å². The van der Waals surface area contributed by atoms with Gasteiger partial charge in [-0.2, -0.15) is 0 Å². The van der Waals surface area contributed by atoms with Crippen molar-refractivity contribution in [2.24, 2.45) is 0 Å². The van der Waals surface area contributed by atoms with Crippen molar-refractivity contribution >= 4 is 12.0 Å². The highest BCUT2D eigenvalue weighted by atomic mass is 16.7. The van der Waals surface area contributed by atoms with E-state index in [0.29, 0.717) is 0 Å². The van der Waals surface area contributed by atoms with Crippen LogP contribution in [0.15, 0.2) is 0 Å². The van der Waals surface area contributed by atoms with Crippen molar-refractivity contribution in [3.05, 3.63) is 0 Å². The molecule has 1 saturated heterocycles. The van der Waals surface area contributed by atoms with Crippen LogP contribution in [0, 0.1) is 0 Å². The molecule has 7 heteroatoms. The number of likely N-dealkylation sites (tertiary alicyclic amines) is 1. The molecule has 0 saturated carbocycles. The smallest absolute Gasteiger partial charge is 0.338 e. The molecule has 0 aromatic carbocycles. The second kappa shape index (κ2) is 7.88. The first kappa shape index (κ1) is 14.7. The first-order valence-electron chi connectivity index (χ1n) is 6.20. The van der Waals surface area contributed by atoms with Gasteiger partial charge in [0.05, 0.1) is 0 Å². The minimum Gasteiger partial charge on any atom is -0.479 e. The molecule has 1 heterocycles. The van der Waals surface area contributed by atoms with Crippen LogP contribution in [0.3, 0.4) is 0 Å². The molecular formula is C11H21N3O4. The summed E-state index contributed by atoms with van der Waals surface area (Å²) in [6, 6.07) is -0.516. The number of piperidine rings is 1. The molecule has 18 heavy (non-hydrogen) atoms. The average Bonchev–Trinajstić information content (AvgIpc) is 2.29. The number of nitrogens with zero attached hydrogens (tertiary/aromatic N) is 1. The lowest BCUT2D eigenvalue weighted by molar-refractivity contribution is -0.144. The van der Waals surface area contributed by atoms with E-state index in [2.05, 4.69) is 15.1 Å². The molecule has 1 aliphatic heterocycles. The van der Waals surface area contributed by atoms with Crippen molar-refractivity contribution in [1.29, 1.82) is 0 Å². The lowest BCUT2D eigenvalue weighted by Crippen LogP contribution is -2.47. The van der Waals surface area contributed by atoms with Crippen molar-refractivity contribution < 1.29 is 19.5 Å². The van der Waals surface area contributed by atoms with E-state index < -0.39 is 18.6 Å². The van der Waals surface area contributed by atoms with Crippen LogP contribution >= 0.6 is 0 Å². The standard InChI is InChI=1S/C11H21N3O4/c1-9(7-14-5-3-2-4-6-14)12-11(17)13-18-8-10(15)16/h9H,2-8H2,1H3,(H,15,16)(H2,12,13,17). The maximum Gasteiger partial charge on any atom is 0.338 e. The van der Waals surface area contributed by atoms with Gasteiger partial charge < -0.3 is 15.3 Å². The normalized spacial score (nSPS) is 18.1. The summed E-state index contributed by atoms with van der Waals surface area (Å²) in [6.07, 6.45) is 3.70. The topological polar surface area (TPSA) is 90.9 Å². The lowest BCUT2D eigenvalue weighted by atomic mass is 10.1. The zero-order chi connectivity index (χ0) is 13.4. The van der Waals surface area contributed by atoms with E-state index in [1.807, 2.05) is 12.4 Å². The molecule has 1 aliphatic rings. The van der Waals surface area contributed by atoms with Crippen LogP contribution in [0.2, 0.25) is 0 Å². The van der Waals surface area contributed by atoms with E-state index in [1.54, 1.807) is 0 Å². The first-order chi connectivity index (χ1) is 8.58. The summed E-state index contributed by atoms with van der Waals surface area (Å²) in [4.78, 5) is 28.3. The van der Waals surface area contributed by atoms with Crippen LogP contribution in [0.1, 0.15) is 26.2 Å². The number of urea groups is 1. The number of amides is 2. The summed E-state index contributed by atoms with van der Waals surface area (Å²) in [5, 5.41) is 11.0. The largest absolute Gasteiger partial charge is 0.479 e. The van der Waals surface area contributed by atoms with Crippen molar-refractivity contribution in [2.75, 3.05) is 26.2 Å². The molecular weight excluding hydrogens is 238 g/mol. The first-order valence-corrected chi connectivity index (χ1v) is 6.20. The Morgan fingerprint density at radius 1 is 1.33 bits per heavy atom. The minimum atomic E-state index is -1.13. The van der Waals surface area contributed by atoms with Crippen molar-refractivity contribution in [3.63, 3.8) is 0 Å². The van der Waals surface area contributed by atoms with Gasteiger partial charge in [-0.05, 0) is 32.9 Å². The number of carboxylic acid groups (broad SMARTS) is 1. The highest BCUT2D eigenvalue weighted by Gasteiger charge is 2.14. The molecule has 104 valence electrons. The predicted molar refractivity (Wildman–Crippen MR) is 65.0 cm³/mol. The van der Waals surface area contributed by atoms with Crippen molar-refractivity contribution in [2.45, 2.75) is 32.2 Å². The van der Waals surface area contributed by atoms with Crippen LogP contribution in [0.5, 0.6) is 0 Å². The Bertz CT molecular complexity index is 279. The third-order valence-corrected chi connectivity index (χ3v) is 2.72. The molecule has 1 unspecified atom stereocenters. The van der Waals surface area contributed by atoms with E-state index in [4.69, 9.17) is 5.11 Å². The molecule has 1 fully saturated rings. The maximum atomic E-state index is 11.3. The van der Waals surface area contributed by atoms with Crippen LogP contribution in [0.4, 0.5) is 4.79 Å². The van der Waals surface area contributed by atoms with Gasteiger partial charge in [-0.3, -0.25) is 4.84 Å². The second-order valence-corrected chi connectivity index (χ2v) is 4.52. The Labute approximate surface area is 106 Å². The highest BCUT2D eigenvalue weighted by molar-refractivity contribution is 5.73. The number of carbonyl (C=O) groups excluding carboxylic acids is 1. The maximum absolute atomic E-state index is 11.3. The average molecular weight is 259 g/mol. The van der Waals surface area contributed by atoms with Gasteiger partial charge in [-0.15, -0.1) is 0 Å². The Hall–Kier alpha value is -1.34. The molecule has 7 nitrogen and oxygen atoms in total. The summed E-state index contributed by atoms with van der Waals surface area (Å²) >= 11 is 0. The molecule has 3 N–H and O–H groups in total. The molecule has 1 atom stereocenters. The van der Waals surface area contributed by atoms with Crippen LogP contribution in [0.25, 0.3) is 0 Å². The number of carbonyl (C=O) groups is 2. The van der Waals surface area contributed by atoms with Gasteiger partial charge in [0.15, 0.2) is 6.61 Å². The predicted octanol–water partition coefficient (Wildman–Crippen LogP) is 0.176. The number of hydroxylamine groups is 1. The molecule has 0 aliphatic carbocycles. The van der Waals surface area contributed by atoms with Gasteiger partial charge in [-0.1, -0.05) is 6.42 Å². The number of hydrogen-bond donors (Lipinski definition) is 3. The van der Waals surface area contributed by atoms with E-state index in [9.17, 15) is 9.59 Å². The Kier molecular flexibility index (Phi) is 6.45. The SMILES string of the molecule is CC(CN1CCCCC1)NC(=O)NOCC(=O)O. The number of rotatable bonds is 6. The molecule has 0 aromatic rings. The molecule has 0 aromatic heterocycles. The zero-order valence-corrected chi connectivity index (χ0v) is 10.6. The number of carboxylic acids is 1. The summed E-state index contributed by atoms with van der Waals surface area (Å²) < 4.78 is 0. The van der Waals surface area contributed by atoms with Gasteiger partial charge in [0.1, 0.15) is 0 Å². The molecule has 0 spiro atoms. The Balaban J connectivity index is 2.12. The monoisotopic (exact) mass is 259 g/mol. The molecule has 2 amide bonds. The summed E-state index contributed by atoms with van der Waals surface area (Å²) in [6.45, 7) is 4.30. The van der Waals surface area contributed by atoms with E-state index in [0.717, 1.165) is 19.6 Å². The highest BCUT2D eigenvalue weighted by Crippen LogP contribution is 2.08. The summed E-state index contributed by atoms with van der Waals surface area (Å²) in [5.41, 5.74) is 2.03. The van der Waals surface area contributed by atoms with Gasteiger partial charge in [-0.25, -0.2) is 15.1 Å². The molecule has 1 rings (SSSR count). The third-order valence-electron chi connectivity index (χ3n) is 2.72. The quantitative estimate of drug-likeness (QED) is 0.592. The van der Waals surface area contributed by atoms with Crippen molar-refractivity contribution in [3.8, 4) is 0 Å². The number of aliphatic carboxylic acids is 1. The fourth-order valence-electron chi connectivity index (χ4n) is 1.99. The van der Waals surface area contributed by atoms with Gasteiger partial charge in [0.25, 0.3) is 0 Å². The fraction of sp³-hybridized carbons (Fsp3) is 0.818. The zero-order valence-electron chi connectivity index (χ0n) is 10.6. The van der Waals surface area contributed by atoms with Gasteiger partial charge in [0.2, 0.25) is 0 Å². The van der Waals surface area contributed by atoms with Crippen LogP contribution in [-0.4, -0.2) is 54.3 Å². The van der Waals surface area contributed by atoms with Crippen LogP contribution < -0.4 is 10.8 Å². The lowest BCUT2D eigenvalue weighted by Gasteiger charge is -2.29. The molecule has 0 bridgehead atoms. The number of nitrogens with one attached hydrogen (secondary N) is 2. The van der Waals surface area contributed by atoms with E-state index in [1.165, 1.54) is 19.3 Å². The number of hydrogen-bond acceptors (Lipinski definition) is 4. The minimum absolute atomic E-state index is 0.00321. The molecule has 0 radical (unpaired) electrons. The van der Waals surface area contributed by atoms with Crippen molar-refractivity contribution in [1.82, 2.24) is 15.7 Å². The van der Waals surface area contributed by atoms with E-state index >= 15 is 0 Å². The Morgan fingerprint density at radius 3 is 2.61 bits per heavy atom. The summed E-state index contributed by atoms with van der Waals surface area (Å²) in [7, 11) is 0. The summed E-state index contributed by atoms with van der Waals surface area (Å²) in [5.74, 6) is -1.13. The van der Waals surface area contributed by atoms with Gasteiger partial charge in [0, 0.05) is 12.6 Å². The fourth-order valence-corrected chi connectivity index (χ4v) is 1.99.